The Labute approximate surface area is 223 Å². The summed E-state index contributed by atoms with van der Waals surface area (Å²) in [4.78, 5) is 53.0. The van der Waals surface area contributed by atoms with Gasteiger partial charge in [-0.25, -0.2) is 4.79 Å². The summed E-state index contributed by atoms with van der Waals surface area (Å²) in [6.45, 7) is 0.0467. The molecule has 0 spiro atoms. The van der Waals surface area contributed by atoms with Crippen molar-refractivity contribution in [3.63, 3.8) is 0 Å². The first-order valence-electron chi connectivity index (χ1n) is 11.5. The van der Waals surface area contributed by atoms with E-state index < -0.39 is 23.8 Å². The summed E-state index contributed by atoms with van der Waals surface area (Å²) < 4.78 is 11.4. The topological polar surface area (TPSA) is 138 Å². The molecule has 1 saturated heterocycles. The summed E-state index contributed by atoms with van der Waals surface area (Å²) in [6.07, 6.45) is -0.192. The summed E-state index contributed by atoms with van der Waals surface area (Å²) in [5.74, 6) is -1.56. The Morgan fingerprint density at radius 1 is 1.08 bits per heavy atom. The largest absolute Gasteiger partial charge is 0.465 e. The Morgan fingerprint density at radius 3 is 2.42 bits per heavy atom. The van der Waals surface area contributed by atoms with Crippen LogP contribution in [-0.4, -0.2) is 64.1 Å². The average molecular weight is 538 g/mol. The third-order valence-electron chi connectivity index (χ3n) is 5.98. The van der Waals surface area contributed by atoms with Gasteiger partial charge in [0, 0.05) is 18.3 Å². The fourth-order valence-electron chi connectivity index (χ4n) is 3.89. The van der Waals surface area contributed by atoms with Crippen molar-refractivity contribution in [2.75, 3.05) is 24.8 Å². The monoisotopic (exact) mass is 537 g/mol. The molecule has 1 aromatic heterocycles. The molecule has 1 atom stereocenters. The number of benzene rings is 2. The number of anilines is 2. The Hall–Kier alpha value is -4.65. The molecule has 1 aliphatic heterocycles. The van der Waals surface area contributed by atoms with Gasteiger partial charge in [-0.15, -0.1) is 0 Å². The lowest BCUT2D eigenvalue weighted by Gasteiger charge is -2.21. The third kappa shape index (κ3) is 5.52. The summed E-state index contributed by atoms with van der Waals surface area (Å²) in [6, 6.07) is 13.9. The molecule has 2 heterocycles. The third-order valence-corrected chi connectivity index (χ3v) is 6.49. The number of hydrogen-bond donors (Lipinski definition) is 2. The lowest BCUT2D eigenvalue weighted by molar-refractivity contribution is -0.746. The Bertz CT molecular complexity index is 1390. The van der Waals surface area contributed by atoms with Gasteiger partial charge in [0.1, 0.15) is 12.6 Å². The van der Waals surface area contributed by atoms with Gasteiger partial charge in [0.2, 0.25) is 11.2 Å². The minimum absolute atomic E-state index is 0.0467. The van der Waals surface area contributed by atoms with Crippen molar-refractivity contribution in [3.8, 4) is 0 Å². The van der Waals surface area contributed by atoms with Gasteiger partial charge in [-0.2, -0.15) is 0 Å². The summed E-state index contributed by atoms with van der Waals surface area (Å²) in [5, 5.41) is 9.52. The molecule has 12 nitrogen and oxygen atoms in total. The van der Waals surface area contributed by atoms with Crippen LogP contribution in [0, 0.1) is 0 Å². The molecule has 0 bridgehead atoms. The zero-order chi connectivity index (χ0) is 27.4. The van der Waals surface area contributed by atoms with E-state index in [2.05, 4.69) is 20.6 Å². The van der Waals surface area contributed by atoms with E-state index >= 15 is 0 Å². The minimum Gasteiger partial charge on any atom is -0.465 e. The molecular weight excluding hydrogens is 512 g/mol. The highest BCUT2D eigenvalue weighted by Crippen LogP contribution is 2.24. The first-order valence-corrected chi connectivity index (χ1v) is 11.9. The second-order valence-corrected chi connectivity index (χ2v) is 8.80. The number of aryl methyl sites for hydroxylation is 1. The van der Waals surface area contributed by atoms with Crippen molar-refractivity contribution in [3.05, 3.63) is 71.4 Å². The number of hydrogen-bond acceptors (Lipinski definition) is 8. The van der Waals surface area contributed by atoms with E-state index in [1.54, 1.807) is 54.4 Å². The molecule has 1 fully saturated rings. The van der Waals surface area contributed by atoms with Crippen LogP contribution in [0.25, 0.3) is 0 Å². The molecule has 0 saturated carbocycles. The normalized spacial score (nSPS) is 15.0. The molecule has 13 heteroatoms. The number of carbonyl (C=O) groups excluding carboxylic acids is 4. The quantitative estimate of drug-likeness (QED) is 0.249. The second-order valence-electron chi connectivity index (χ2n) is 8.44. The Balaban J connectivity index is 1.49. The highest BCUT2D eigenvalue weighted by atomic mass is 32.1. The van der Waals surface area contributed by atoms with E-state index in [1.165, 1.54) is 35.9 Å². The predicted molar refractivity (Wildman–Crippen MR) is 138 cm³/mol. The van der Waals surface area contributed by atoms with Crippen LogP contribution in [0.1, 0.15) is 32.8 Å². The van der Waals surface area contributed by atoms with Crippen LogP contribution in [-0.2, 0) is 27.9 Å². The van der Waals surface area contributed by atoms with Crippen LogP contribution in [0.4, 0.5) is 11.6 Å². The van der Waals surface area contributed by atoms with E-state index in [4.69, 9.17) is 16.7 Å². The smallest absolute Gasteiger partial charge is 0.337 e. The number of amides is 3. The SMILES string of the molecule is COC(=O)c1ccc(NC(=O)CC2C(=O)N(C)C(=S)N2Cc2c(NC(=O)c3ccccc3)on[n+]2C)cc1. The van der Waals surface area contributed by atoms with E-state index in [9.17, 15) is 19.2 Å². The summed E-state index contributed by atoms with van der Waals surface area (Å²) in [5.41, 5.74) is 1.67. The van der Waals surface area contributed by atoms with Gasteiger partial charge in [0.15, 0.2) is 12.2 Å². The van der Waals surface area contributed by atoms with Crippen molar-refractivity contribution < 1.29 is 33.1 Å². The molecule has 4 rings (SSSR count). The number of carbonyl (C=O) groups is 4. The van der Waals surface area contributed by atoms with Gasteiger partial charge < -0.3 is 15.0 Å². The number of nitrogens with zero attached hydrogens (tertiary/aromatic N) is 4. The molecule has 1 unspecified atom stereocenters. The molecule has 1 aliphatic rings. The van der Waals surface area contributed by atoms with Crippen molar-refractivity contribution >= 4 is 52.6 Å². The van der Waals surface area contributed by atoms with Crippen LogP contribution < -0.4 is 15.3 Å². The molecule has 2 N–H and O–H groups in total. The Morgan fingerprint density at radius 2 is 1.76 bits per heavy atom. The lowest BCUT2D eigenvalue weighted by Crippen LogP contribution is -2.42. The molecule has 3 aromatic rings. The van der Waals surface area contributed by atoms with E-state index in [1.807, 2.05) is 0 Å². The van der Waals surface area contributed by atoms with Gasteiger partial charge >= 0.3 is 11.9 Å². The first kappa shape index (κ1) is 26.4. The molecule has 38 heavy (non-hydrogen) atoms. The summed E-state index contributed by atoms with van der Waals surface area (Å²) >= 11 is 5.48. The second kappa shape index (κ2) is 11.2. The molecule has 2 aromatic carbocycles. The van der Waals surface area contributed by atoms with Gasteiger partial charge in [-0.05, 0) is 53.3 Å². The van der Waals surface area contributed by atoms with Gasteiger partial charge in [-0.1, -0.05) is 18.2 Å². The fraction of sp³-hybridized carbons (Fsp3) is 0.240. The number of nitrogens with one attached hydrogen (secondary N) is 2. The van der Waals surface area contributed by atoms with Crippen molar-refractivity contribution in [2.45, 2.75) is 19.0 Å². The maximum Gasteiger partial charge on any atom is 0.337 e. The van der Waals surface area contributed by atoms with Crippen LogP contribution in [0.2, 0.25) is 0 Å². The minimum atomic E-state index is -0.894. The first-order chi connectivity index (χ1) is 18.2. The van der Waals surface area contributed by atoms with Crippen molar-refractivity contribution in [2.24, 2.45) is 7.05 Å². The van der Waals surface area contributed by atoms with Crippen LogP contribution >= 0.6 is 12.2 Å². The highest BCUT2D eigenvalue weighted by Gasteiger charge is 2.43. The van der Waals surface area contributed by atoms with Crippen molar-refractivity contribution in [1.29, 1.82) is 0 Å². The fourth-order valence-corrected chi connectivity index (χ4v) is 4.18. The molecule has 0 radical (unpaired) electrons. The number of esters is 1. The van der Waals surface area contributed by atoms with Crippen LogP contribution in [0.15, 0.2) is 59.1 Å². The van der Waals surface area contributed by atoms with Gasteiger partial charge in [-0.3, -0.25) is 29.1 Å². The van der Waals surface area contributed by atoms with E-state index in [0.29, 0.717) is 22.5 Å². The average Bonchev–Trinajstić information content (AvgIpc) is 3.36. The molecule has 196 valence electrons. The standard InChI is InChI=1S/C25H24N6O6S/c1-29-23(34)18(13-20(32)26-17-11-9-16(10-12-17)24(35)36-3)31(25(29)38)14-19-22(37-28-30(19)2)27-21(33)15-7-5-4-6-8-15/h4-12,18H,13-14H2,1-3H3,(H-,26,27,28,32,33,35)/p+1. The number of aromatic nitrogens is 2. The maximum absolute atomic E-state index is 13.0. The number of ether oxygens (including phenoxy) is 1. The van der Waals surface area contributed by atoms with Gasteiger partial charge in [0.05, 0.1) is 19.1 Å². The molecular formula is C25H25N6O6S+. The van der Waals surface area contributed by atoms with Crippen LogP contribution in [0.5, 0.6) is 0 Å². The zero-order valence-corrected chi connectivity index (χ0v) is 21.7. The highest BCUT2D eigenvalue weighted by molar-refractivity contribution is 7.80. The van der Waals surface area contributed by atoms with E-state index in [-0.39, 0.29) is 29.9 Å². The Kier molecular flexibility index (Phi) is 7.76. The molecule has 3 amide bonds. The number of methoxy groups -OCH3 is 1. The number of likely N-dealkylation sites (N-methyl/N-ethyl adjacent to an activating group) is 1. The number of rotatable bonds is 8. The van der Waals surface area contributed by atoms with Crippen molar-refractivity contribution in [1.82, 2.24) is 15.1 Å². The zero-order valence-electron chi connectivity index (χ0n) is 20.8. The summed E-state index contributed by atoms with van der Waals surface area (Å²) in [7, 11) is 4.44. The predicted octanol–water partition coefficient (Wildman–Crippen LogP) is 1.49. The van der Waals surface area contributed by atoms with E-state index in [0.717, 1.165) is 0 Å². The van der Waals surface area contributed by atoms with Gasteiger partial charge in [0.25, 0.3) is 17.5 Å². The maximum atomic E-state index is 13.0. The number of thiocarbonyl (C=S) groups is 1. The van der Waals surface area contributed by atoms with Crippen LogP contribution in [0.3, 0.4) is 0 Å². The lowest BCUT2D eigenvalue weighted by atomic mass is 10.1. The molecule has 0 aliphatic carbocycles.